The minimum atomic E-state index is -0.641. The number of benzene rings is 1. The molecule has 0 amide bonds. The van der Waals surface area contributed by atoms with Crippen molar-refractivity contribution in [2.45, 2.75) is 39.0 Å². The fraction of sp³-hybridized carbons (Fsp3) is 0.286. The number of Topliss-reactive ketones (excluding diaryl/α,β-unsaturated/α-hetero) is 1. The van der Waals surface area contributed by atoms with Crippen molar-refractivity contribution in [2.75, 3.05) is 0 Å². The summed E-state index contributed by atoms with van der Waals surface area (Å²) in [6, 6.07) is 8.03. The Bertz CT molecular complexity index is 1110. The van der Waals surface area contributed by atoms with Crippen molar-refractivity contribution < 1.29 is 9.53 Å². The molecular weight excluding hydrogens is 362 g/mol. The second-order valence-electron chi connectivity index (χ2n) is 7.04. The van der Waals surface area contributed by atoms with Crippen molar-refractivity contribution in [3.05, 3.63) is 62.8 Å². The van der Waals surface area contributed by atoms with Gasteiger partial charge in [0.1, 0.15) is 22.6 Å². The summed E-state index contributed by atoms with van der Waals surface area (Å²) in [5.41, 5.74) is 10.3. The van der Waals surface area contributed by atoms with Crippen LogP contribution in [0.2, 0.25) is 5.15 Å². The minimum absolute atomic E-state index is 0.0299. The summed E-state index contributed by atoms with van der Waals surface area (Å²) in [5, 5.41) is 10.9. The first kappa shape index (κ1) is 17.6. The van der Waals surface area contributed by atoms with E-state index < -0.39 is 5.92 Å². The van der Waals surface area contributed by atoms with Gasteiger partial charge in [-0.15, -0.1) is 0 Å². The van der Waals surface area contributed by atoms with Crippen molar-refractivity contribution >= 4 is 28.3 Å². The first-order chi connectivity index (χ1) is 12.9. The number of aryl methyl sites for hydroxylation is 2. The van der Waals surface area contributed by atoms with Crippen LogP contribution in [0.4, 0.5) is 0 Å². The highest BCUT2D eigenvalue weighted by molar-refractivity contribution is 6.31. The first-order valence-electron chi connectivity index (χ1n) is 8.82. The van der Waals surface area contributed by atoms with Crippen LogP contribution < -0.4 is 5.73 Å². The molecule has 1 aromatic carbocycles. The summed E-state index contributed by atoms with van der Waals surface area (Å²) < 4.78 is 5.61. The van der Waals surface area contributed by atoms with Crippen LogP contribution in [0, 0.1) is 25.2 Å². The predicted molar refractivity (Wildman–Crippen MR) is 103 cm³/mol. The molecule has 27 heavy (non-hydrogen) atoms. The fourth-order valence-corrected chi connectivity index (χ4v) is 4.06. The van der Waals surface area contributed by atoms with Gasteiger partial charge in [0.25, 0.3) is 0 Å². The van der Waals surface area contributed by atoms with Crippen LogP contribution in [0.1, 0.15) is 41.9 Å². The fourth-order valence-electron chi connectivity index (χ4n) is 3.80. The highest BCUT2D eigenvalue weighted by Gasteiger charge is 2.39. The Hall–Kier alpha value is -2.84. The van der Waals surface area contributed by atoms with Crippen LogP contribution in [-0.2, 0) is 9.53 Å². The number of carbonyl (C=O) groups excluding carboxylic acids is 1. The van der Waals surface area contributed by atoms with Gasteiger partial charge in [0.2, 0.25) is 5.88 Å². The van der Waals surface area contributed by atoms with Crippen molar-refractivity contribution in [1.29, 1.82) is 5.26 Å². The van der Waals surface area contributed by atoms with Crippen LogP contribution in [0.15, 0.2) is 41.0 Å². The van der Waals surface area contributed by atoms with Crippen LogP contribution >= 0.6 is 11.6 Å². The molecule has 0 fully saturated rings. The van der Waals surface area contributed by atoms with Crippen molar-refractivity contribution in [2.24, 2.45) is 5.73 Å². The Morgan fingerprint density at radius 3 is 2.74 bits per heavy atom. The summed E-state index contributed by atoms with van der Waals surface area (Å²) in [5.74, 6) is -0.0912. The zero-order valence-corrected chi connectivity index (χ0v) is 15.9. The van der Waals surface area contributed by atoms with Crippen LogP contribution in [0.25, 0.3) is 10.9 Å². The number of nitriles is 1. The van der Waals surface area contributed by atoms with Gasteiger partial charge in [0.05, 0.1) is 11.4 Å². The van der Waals surface area contributed by atoms with E-state index >= 15 is 0 Å². The summed E-state index contributed by atoms with van der Waals surface area (Å²) >= 11 is 6.52. The Morgan fingerprint density at radius 2 is 2.00 bits per heavy atom. The molecule has 0 saturated carbocycles. The van der Waals surface area contributed by atoms with E-state index in [0.29, 0.717) is 36.2 Å². The van der Waals surface area contributed by atoms with Gasteiger partial charge in [-0.25, -0.2) is 4.98 Å². The number of halogens is 1. The molecule has 0 bridgehead atoms. The number of rotatable bonds is 1. The lowest BCUT2D eigenvalue weighted by atomic mass is 9.78. The maximum absolute atomic E-state index is 12.7. The molecule has 136 valence electrons. The number of aromatic nitrogens is 1. The number of hydrogen-bond donors (Lipinski definition) is 1. The summed E-state index contributed by atoms with van der Waals surface area (Å²) in [7, 11) is 0. The van der Waals surface area contributed by atoms with Gasteiger partial charge in [-0.1, -0.05) is 11.6 Å². The lowest BCUT2D eigenvalue weighted by Gasteiger charge is -2.31. The van der Waals surface area contributed by atoms with E-state index in [1.165, 1.54) is 0 Å². The molecule has 0 unspecified atom stereocenters. The lowest BCUT2D eigenvalue weighted by Crippen LogP contribution is -2.27. The second kappa shape index (κ2) is 6.40. The van der Waals surface area contributed by atoms with Crippen LogP contribution in [0.5, 0.6) is 0 Å². The molecule has 0 spiro atoms. The van der Waals surface area contributed by atoms with Crippen molar-refractivity contribution in [3.8, 4) is 6.07 Å². The molecule has 5 nitrogen and oxygen atoms in total. The predicted octanol–water partition coefficient (Wildman–Crippen LogP) is 4.32. The third kappa shape index (κ3) is 2.77. The monoisotopic (exact) mass is 379 g/mol. The second-order valence-corrected chi connectivity index (χ2v) is 7.39. The highest BCUT2D eigenvalue weighted by Crippen LogP contribution is 2.45. The Morgan fingerprint density at radius 1 is 1.26 bits per heavy atom. The molecule has 4 rings (SSSR count). The zero-order valence-electron chi connectivity index (χ0n) is 15.1. The maximum atomic E-state index is 12.7. The Balaban J connectivity index is 1.99. The van der Waals surface area contributed by atoms with E-state index in [-0.39, 0.29) is 22.4 Å². The number of ether oxygens (including phenoxy) is 1. The highest BCUT2D eigenvalue weighted by atomic mass is 35.5. The minimum Gasteiger partial charge on any atom is -0.444 e. The molecule has 1 aliphatic carbocycles. The number of ketones is 1. The number of allylic oxidation sites excluding steroid dienone is 3. The topological polar surface area (TPSA) is 89.0 Å². The van der Waals surface area contributed by atoms with Crippen molar-refractivity contribution in [3.63, 3.8) is 0 Å². The van der Waals surface area contributed by atoms with Gasteiger partial charge in [-0.2, -0.15) is 5.26 Å². The van der Waals surface area contributed by atoms with Gasteiger partial charge >= 0.3 is 0 Å². The number of pyridine rings is 1. The zero-order chi connectivity index (χ0) is 19.3. The third-order valence-electron chi connectivity index (χ3n) is 5.33. The van der Waals surface area contributed by atoms with E-state index in [1.807, 2.05) is 32.0 Å². The molecule has 2 aromatic rings. The average Bonchev–Trinajstić information content (AvgIpc) is 2.62. The molecule has 0 saturated heterocycles. The number of nitrogens with two attached hydrogens (primary N) is 1. The van der Waals surface area contributed by atoms with Gasteiger partial charge in [-0.3, -0.25) is 4.79 Å². The van der Waals surface area contributed by atoms with Crippen LogP contribution in [-0.4, -0.2) is 10.8 Å². The number of hydrogen-bond acceptors (Lipinski definition) is 5. The molecule has 2 heterocycles. The molecule has 0 radical (unpaired) electrons. The number of fused-ring (bicyclic) bond motifs is 1. The first-order valence-corrected chi connectivity index (χ1v) is 9.19. The average molecular weight is 380 g/mol. The van der Waals surface area contributed by atoms with E-state index in [1.54, 1.807) is 0 Å². The summed E-state index contributed by atoms with van der Waals surface area (Å²) in [4.78, 5) is 17.2. The lowest BCUT2D eigenvalue weighted by molar-refractivity contribution is -0.116. The molecule has 6 heteroatoms. The summed E-state index contributed by atoms with van der Waals surface area (Å²) in [6.07, 6.45) is 1.75. The number of nitrogens with zero attached hydrogens (tertiary/aromatic N) is 2. The standard InChI is InChI=1S/C21H18ClN3O2/c1-10-6-12-8-13(20(22)25-15(12)7-11(10)2)18-14(9-23)21(24)27-17-5-3-4-16(26)19(17)18/h6-8,18H,3-5,24H2,1-2H3/t18-/m1/s1. The maximum Gasteiger partial charge on any atom is 0.205 e. The quantitative estimate of drug-likeness (QED) is 0.745. The largest absolute Gasteiger partial charge is 0.444 e. The normalized spacial score (nSPS) is 19.8. The van der Waals surface area contributed by atoms with Gasteiger partial charge in [0, 0.05) is 29.4 Å². The molecule has 1 aromatic heterocycles. The molecule has 1 aliphatic heterocycles. The third-order valence-corrected chi connectivity index (χ3v) is 5.63. The van der Waals surface area contributed by atoms with E-state index in [9.17, 15) is 10.1 Å². The Kier molecular flexibility index (Phi) is 4.16. The van der Waals surface area contributed by atoms with Crippen LogP contribution in [0.3, 0.4) is 0 Å². The Labute approximate surface area is 162 Å². The van der Waals surface area contributed by atoms with E-state index in [4.69, 9.17) is 22.1 Å². The smallest absolute Gasteiger partial charge is 0.205 e. The molecule has 1 atom stereocenters. The van der Waals surface area contributed by atoms with Gasteiger partial charge in [0.15, 0.2) is 5.78 Å². The molecule has 2 aliphatic rings. The number of carbonyl (C=O) groups is 1. The van der Waals surface area contributed by atoms with Gasteiger partial charge < -0.3 is 10.5 Å². The summed E-state index contributed by atoms with van der Waals surface area (Å²) in [6.45, 7) is 4.05. The van der Waals surface area contributed by atoms with Crippen molar-refractivity contribution in [1.82, 2.24) is 4.98 Å². The van der Waals surface area contributed by atoms with E-state index in [0.717, 1.165) is 22.0 Å². The van der Waals surface area contributed by atoms with Gasteiger partial charge in [-0.05, 0) is 49.6 Å². The molecule has 2 N–H and O–H groups in total. The van der Waals surface area contributed by atoms with E-state index in [2.05, 4.69) is 11.1 Å². The molecular formula is C21H18ClN3O2. The SMILES string of the molecule is Cc1cc2cc([C@@H]3C(C#N)=C(N)OC4=C3C(=O)CCC4)c(Cl)nc2cc1C.